The maximum Gasteiger partial charge on any atom is 0.348 e. The van der Waals surface area contributed by atoms with Gasteiger partial charge in [-0.1, -0.05) is 0 Å². The lowest BCUT2D eigenvalue weighted by Gasteiger charge is -2.03. The molecular formula is C7H4F2N2O5. The summed E-state index contributed by atoms with van der Waals surface area (Å²) in [6.07, 6.45) is -2.83. The Kier molecular flexibility index (Phi) is 2.97. The van der Waals surface area contributed by atoms with Crippen LogP contribution in [0.25, 0.3) is 0 Å². The van der Waals surface area contributed by atoms with Gasteiger partial charge in [0.15, 0.2) is 0 Å². The zero-order chi connectivity index (χ0) is 12.5. The lowest BCUT2D eigenvalue weighted by atomic mass is 10.1. The second kappa shape index (κ2) is 4.04. The number of carboxylic acid groups (broad SMARTS) is 1. The van der Waals surface area contributed by atoms with Crippen LogP contribution in [0.3, 0.4) is 0 Å². The normalized spacial score (nSPS) is 10.4. The molecule has 1 rings (SSSR count). The fraction of sp³-hybridized carbons (Fsp3) is 0.143. The smallest absolute Gasteiger partial charge is 0.348 e. The number of hydrogen-bond acceptors (Lipinski definition) is 4. The van der Waals surface area contributed by atoms with Crippen molar-refractivity contribution in [1.82, 2.24) is 4.98 Å². The Bertz CT molecular complexity index is 510. The van der Waals surface area contributed by atoms with Gasteiger partial charge in [0.1, 0.15) is 5.56 Å². The molecule has 7 nitrogen and oxygen atoms in total. The first-order valence-corrected chi connectivity index (χ1v) is 3.77. The highest BCUT2D eigenvalue weighted by atomic mass is 19.3. The molecule has 0 unspecified atom stereocenters. The van der Waals surface area contributed by atoms with Crippen molar-refractivity contribution in [3.8, 4) is 0 Å². The molecule has 2 N–H and O–H groups in total. The van der Waals surface area contributed by atoms with Crippen molar-refractivity contribution in [2.24, 2.45) is 0 Å². The molecule has 0 saturated heterocycles. The monoisotopic (exact) mass is 234 g/mol. The zero-order valence-corrected chi connectivity index (χ0v) is 7.44. The number of nitrogens with one attached hydrogen (secondary N) is 1. The topological polar surface area (TPSA) is 113 Å². The number of rotatable bonds is 3. The summed E-state index contributed by atoms with van der Waals surface area (Å²) in [4.78, 5) is 32.4. The third-order valence-corrected chi connectivity index (χ3v) is 1.73. The fourth-order valence-electron chi connectivity index (χ4n) is 1.10. The fourth-order valence-corrected chi connectivity index (χ4v) is 1.10. The summed E-state index contributed by atoms with van der Waals surface area (Å²) >= 11 is 0. The number of pyridine rings is 1. The summed E-state index contributed by atoms with van der Waals surface area (Å²) < 4.78 is 24.7. The average molecular weight is 234 g/mol. The van der Waals surface area contributed by atoms with Crippen LogP contribution in [0.4, 0.5) is 14.5 Å². The molecule has 1 aromatic rings. The van der Waals surface area contributed by atoms with E-state index in [2.05, 4.69) is 0 Å². The van der Waals surface area contributed by atoms with Crippen molar-refractivity contribution in [3.63, 3.8) is 0 Å². The summed E-state index contributed by atoms with van der Waals surface area (Å²) in [6.45, 7) is 0. The molecule has 16 heavy (non-hydrogen) atoms. The van der Waals surface area contributed by atoms with Crippen LogP contribution < -0.4 is 5.56 Å². The molecule has 0 radical (unpaired) electrons. The van der Waals surface area contributed by atoms with Gasteiger partial charge in [0.25, 0.3) is 17.7 Å². The molecule has 1 heterocycles. The number of nitrogens with zero attached hydrogens (tertiary/aromatic N) is 1. The molecule has 1 aromatic heterocycles. The highest BCUT2D eigenvalue weighted by molar-refractivity contribution is 5.92. The SMILES string of the molecule is O=C(O)c1c([N+](=O)[O-])c(C(F)F)c[nH]c1=O. The first kappa shape index (κ1) is 11.8. The van der Waals surface area contributed by atoms with E-state index in [1.807, 2.05) is 0 Å². The molecule has 0 aromatic carbocycles. The summed E-state index contributed by atoms with van der Waals surface area (Å²) in [7, 11) is 0. The van der Waals surface area contributed by atoms with Gasteiger partial charge in [-0.05, 0) is 0 Å². The van der Waals surface area contributed by atoms with E-state index < -0.39 is 39.7 Å². The number of carbonyl (C=O) groups is 1. The van der Waals surface area contributed by atoms with Crippen molar-refractivity contribution in [3.05, 3.63) is 37.8 Å². The minimum Gasteiger partial charge on any atom is -0.477 e. The van der Waals surface area contributed by atoms with Crippen molar-refractivity contribution in [2.75, 3.05) is 0 Å². The van der Waals surface area contributed by atoms with Gasteiger partial charge < -0.3 is 10.1 Å². The number of aromatic carboxylic acids is 1. The predicted octanol–water partition coefficient (Wildman–Crippen LogP) is 0.919. The number of hydrogen-bond donors (Lipinski definition) is 2. The Labute approximate surface area is 85.5 Å². The highest BCUT2D eigenvalue weighted by Gasteiger charge is 2.31. The van der Waals surface area contributed by atoms with Crippen molar-refractivity contribution >= 4 is 11.7 Å². The van der Waals surface area contributed by atoms with Crippen molar-refractivity contribution in [1.29, 1.82) is 0 Å². The molecule has 0 aliphatic carbocycles. The van der Waals surface area contributed by atoms with E-state index in [0.717, 1.165) is 0 Å². The third kappa shape index (κ3) is 1.87. The molecule has 0 amide bonds. The Morgan fingerprint density at radius 2 is 2.12 bits per heavy atom. The average Bonchev–Trinajstić information content (AvgIpc) is 2.15. The molecule has 0 aliphatic heterocycles. The third-order valence-electron chi connectivity index (χ3n) is 1.73. The number of H-pyrrole nitrogens is 1. The maximum atomic E-state index is 12.3. The molecular weight excluding hydrogens is 230 g/mol. The molecule has 9 heteroatoms. The number of alkyl halides is 2. The first-order valence-electron chi connectivity index (χ1n) is 3.77. The van der Waals surface area contributed by atoms with E-state index in [4.69, 9.17) is 5.11 Å². The molecule has 0 spiro atoms. The van der Waals surface area contributed by atoms with E-state index >= 15 is 0 Å². The molecule has 0 saturated carbocycles. The van der Waals surface area contributed by atoms with Gasteiger partial charge in [-0.25, -0.2) is 13.6 Å². The Morgan fingerprint density at radius 3 is 2.50 bits per heavy atom. The Morgan fingerprint density at radius 1 is 1.56 bits per heavy atom. The van der Waals surface area contributed by atoms with Gasteiger partial charge >= 0.3 is 5.97 Å². The lowest BCUT2D eigenvalue weighted by molar-refractivity contribution is -0.386. The number of carboxylic acids is 1. The number of aromatic nitrogens is 1. The molecule has 0 atom stereocenters. The summed E-state index contributed by atoms with van der Waals surface area (Å²) in [5, 5.41) is 19.0. The van der Waals surface area contributed by atoms with Gasteiger partial charge in [-0.3, -0.25) is 14.9 Å². The van der Waals surface area contributed by atoms with Crippen LogP contribution >= 0.6 is 0 Å². The van der Waals surface area contributed by atoms with Crippen LogP contribution in [-0.4, -0.2) is 21.0 Å². The number of nitro groups is 1. The second-order valence-electron chi connectivity index (χ2n) is 2.66. The van der Waals surface area contributed by atoms with Crippen LogP contribution in [-0.2, 0) is 0 Å². The lowest BCUT2D eigenvalue weighted by Crippen LogP contribution is -2.21. The summed E-state index contributed by atoms with van der Waals surface area (Å²) in [5.41, 5.74) is -5.13. The molecule has 0 fully saturated rings. The highest BCUT2D eigenvalue weighted by Crippen LogP contribution is 2.29. The van der Waals surface area contributed by atoms with Gasteiger partial charge in [-0.2, -0.15) is 0 Å². The van der Waals surface area contributed by atoms with E-state index in [0.29, 0.717) is 6.20 Å². The zero-order valence-electron chi connectivity index (χ0n) is 7.44. The standard InChI is InChI=1S/C7H4F2N2O5/c8-5(9)2-1-10-6(12)3(7(13)14)4(2)11(15)16/h1,5H,(H,10,12)(H,13,14). The Hall–Kier alpha value is -2.32. The van der Waals surface area contributed by atoms with E-state index in [9.17, 15) is 28.5 Å². The van der Waals surface area contributed by atoms with Gasteiger partial charge in [-0.15, -0.1) is 0 Å². The second-order valence-corrected chi connectivity index (χ2v) is 2.66. The minimum absolute atomic E-state index is 0.428. The predicted molar refractivity (Wildman–Crippen MR) is 45.6 cm³/mol. The number of aromatic amines is 1. The van der Waals surface area contributed by atoms with Crippen LogP contribution in [0.2, 0.25) is 0 Å². The summed E-state index contributed by atoms with van der Waals surface area (Å²) in [5.74, 6) is -1.93. The van der Waals surface area contributed by atoms with E-state index in [1.165, 1.54) is 0 Å². The number of halogens is 2. The van der Waals surface area contributed by atoms with Crippen molar-refractivity contribution in [2.45, 2.75) is 6.43 Å². The molecule has 0 aliphatic rings. The van der Waals surface area contributed by atoms with Crippen LogP contribution in [0, 0.1) is 10.1 Å². The molecule has 0 bridgehead atoms. The van der Waals surface area contributed by atoms with E-state index in [-0.39, 0.29) is 0 Å². The van der Waals surface area contributed by atoms with Crippen LogP contribution in [0.15, 0.2) is 11.0 Å². The quantitative estimate of drug-likeness (QED) is 0.596. The first-order chi connectivity index (χ1) is 7.36. The van der Waals surface area contributed by atoms with Crippen LogP contribution in [0.1, 0.15) is 22.3 Å². The largest absolute Gasteiger partial charge is 0.477 e. The van der Waals surface area contributed by atoms with E-state index in [1.54, 1.807) is 4.98 Å². The van der Waals surface area contributed by atoms with Gasteiger partial charge in [0.05, 0.1) is 4.92 Å². The van der Waals surface area contributed by atoms with Gasteiger partial charge in [0, 0.05) is 6.20 Å². The van der Waals surface area contributed by atoms with Crippen molar-refractivity contribution < 1.29 is 23.6 Å². The maximum absolute atomic E-state index is 12.3. The minimum atomic E-state index is -3.25. The van der Waals surface area contributed by atoms with Crippen LogP contribution in [0.5, 0.6) is 0 Å². The molecule has 86 valence electrons. The Balaban J connectivity index is 3.70. The summed E-state index contributed by atoms with van der Waals surface area (Å²) in [6, 6.07) is 0. The van der Waals surface area contributed by atoms with Gasteiger partial charge in [0.2, 0.25) is 5.56 Å².